The number of aliphatic hydroxyl groups excluding tert-OH is 1. The van der Waals surface area contributed by atoms with Gasteiger partial charge in [-0.25, -0.2) is 4.39 Å². The van der Waals surface area contributed by atoms with Gasteiger partial charge in [0, 0.05) is 24.8 Å². The second-order valence-corrected chi connectivity index (χ2v) is 4.69. The summed E-state index contributed by atoms with van der Waals surface area (Å²) in [5, 5.41) is 9.65. The monoisotopic (exact) mass is 255 g/mol. The molecule has 1 atom stereocenters. The van der Waals surface area contributed by atoms with Gasteiger partial charge in [-0.2, -0.15) is 0 Å². The molecule has 1 aromatic carbocycles. The average Bonchev–Trinajstić information content (AvgIpc) is 2.27. The predicted octanol–water partition coefficient (Wildman–Crippen LogP) is 2.74. The van der Waals surface area contributed by atoms with Crippen LogP contribution in [0.25, 0.3) is 0 Å². The molecule has 1 rings (SSSR count). The molecule has 0 radical (unpaired) electrons. The topological polar surface area (TPSA) is 32.7 Å². The van der Waals surface area contributed by atoms with Gasteiger partial charge in [-0.15, -0.1) is 0 Å². The van der Waals surface area contributed by atoms with Crippen molar-refractivity contribution in [2.75, 3.05) is 25.1 Å². The summed E-state index contributed by atoms with van der Waals surface area (Å²) in [4.78, 5) is 1.90. The number of anilines is 1. The van der Waals surface area contributed by atoms with E-state index in [1.54, 1.807) is 19.1 Å². The molecular weight excluding hydrogens is 233 g/mol. The lowest BCUT2D eigenvalue weighted by atomic mass is 10.1. The van der Waals surface area contributed by atoms with Crippen molar-refractivity contribution in [1.29, 1.82) is 0 Å². The zero-order valence-corrected chi connectivity index (χ0v) is 11.5. The van der Waals surface area contributed by atoms with Crippen molar-refractivity contribution in [3.8, 4) is 0 Å². The number of hydrogen-bond donors (Lipinski definition) is 1. The van der Waals surface area contributed by atoms with E-state index in [4.69, 9.17) is 4.74 Å². The van der Waals surface area contributed by atoms with Gasteiger partial charge in [0.05, 0.1) is 18.8 Å². The maximum atomic E-state index is 13.7. The van der Waals surface area contributed by atoms with Crippen LogP contribution in [0.3, 0.4) is 0 Å². The van der Waals surface area contributed by atoms with E-state index in [1.165, 1.54) is 6.07 Å². The smallest absolute Gasteiger partial charge is 0.131 e. The van der Waals surface area contributed by atoms with Gasteiger partial charge >= 0.3 is 0 Å². The van der Waals surface area contributed by atoms with Gasteiger partial charge < -0.3 is 14.7 Å². The number of rotatable bonds is 6. The summed E-state index contributed by atoms with van der Waals surface area (Å²) in [6.07, 6.45) is -0.642. The first-order chi connectivity index (χ1) is 8.43. The van der Waals surface area contributed by atoms with Gasteiger partial charge in [0.2, 0.25) is 0 Å². The molecule has 0 aromatic heterocycles. The van der Waals surface area contributed by atoms with Gasteiger partial charge in [0.25, 0.3) is 0 Å². The van der Waals surface area contributed by atoms with E-state index in [0.717, 1.165) is 0 Å². The molecule has 0 saturated heterocycles. The Bertz CT molecular complexity index is 380. The molecule has 0 aliphatic rings. The lowest BCUT2D eigenvalue weighted by molar-refractivity contribution is 0.0845. The maximum absolute atomic E-state index is 13.7. The fourth-order valence-electron chi connectivity index (χ4n) is 1.82. The van der Waals surface area contributed by atoms with Crippen molar-refractivity contribution < 1.29 is 14.2 Å². The first kappa shape index (κ1) is 14.9. The highest BCUT2D eigenvalue weighted by Gasteiger charge is 2.16. The lowest BCUT2D eigenvalue weighted by Gasteiger charge is -2.24. The molecule has 102 valence electrons. The van der Waals surface area contributed by atoms with E-state index in [0.29, 0.717) is 24.4 Å². The summed E-state index contributed by atoms with van der Waals surface area (Å²) in [7, 11) is 1.87. The van der Waals surface area contributed by atoms with Crippen LogP contribution in [0.15, 0.2) is 18.2 Å². The van der Waals surface area contributed by atoms with Crippen molar-refractivity contribution in [2.24, 2.45) is 0 Å². The zero-order valence-electron chi connectivity index (χ0n) is 11.5. The van der Waals surface area contributed by atoms with Crippen LogP contribution in [0.4, 0.5) is 10.1 Å². The van der Waals surface area contributed by atoms with Crippen molar-refractivity contribution in [3.05, 3.63) is 29.6 Å². The van der Waals surface area contributed by atoms with Crippen LogP contribution < -0.4 is 4.90 Å². The molecule has 18 heavy (non-hydrogen) atoms. The van der Waals surface area contributed by atoms with Crippen LogP contribution in [-0.2, 0) is 4.74 Å². The fraction of sp³-hybridized carbons (Fsp3) is 0.571. The summed E-state index contributed by atoms with van der Waals surface area (Å²) in [5.74, 6) is -0.376. The molecule has 0 heterocycles. The van der Waals surface area contributed by atoms with Gasteiger partial charge in [-0.3, -0.25) is 0 Å². The number of halogens is 1. The summed E-state index contributed by atoms with van der Waals surface area (Å²) < 4.78 is 19.2. The third-order valence-electron chi connectivity index (χ3n) is 2.74. The SMILES string of the molecule is CC(C)OCCN(C)c1cccc(F)c1C(C)O. The highest BCUT2D eigenvalue weighted by atomic mass is 19.1. The average molecular weight is 255 g/mol. The number of hydrogen-bond acceptors (Lipinski definition) is 3. The Morgan fingerprint density at radius 3 is 2.56 bits per heavy atom. The van der Waals surface area contributed by atoms with Gasteiger partial charge in [0.15, 0.2) is 0 Å². The van der Waals surface area contributed by atoms with Crippen molar-refractivity contribution in [3.63, 3.8) is 0 Å². The molecule has 0 amide bonds. The fourth-order valence-corrected chi connectivity index (χ4v) is 1.82. The van der Waals surface area contributed by atoms with Crippen molar-refractivity contribution in [2.45, 2.75) is 33.0 Å². The Kier molecular flexibility index (Phi) is 5.56. The Morgan fingerprint density at radius 2 is 2.00 bits per heavy atom. The third-order valence-corrected chi connectivity index (χ3v) is 2.74. The van der Waals surface area contributed by atoms with Crippen LogP contribution in [0.2, 0.25) is 0 Å². The summed E-state index contributed by atoms with van der Waals surface area (Å²) in [6, 6.07) is 4.82. The second kappa shape index (κ2) is 6.71. The third kappa shape index (κ3) is 3.96. The van der Waals surface area contributed by atoms with Crippen LogP contribution in [-0.4, -0.2) is 31.4 Å². The first-order valence-electron chi connectivity index (χ1n) is 6.22. The van der Waals surface area contributed by atoms with Crippen LogP contribution in [0.5, 0.6) is 0 Å². The van der Waals surface area contributed by atoms with E-state index < -0.39 is 6.10 Å². The Morgan fingerprint density at radius 1 is 1.33 bits per heavy atom. The zero-order chi connectivity index (χ0) is 13.7. The maximum Gasteiger partial charge on any atom is 0.131 e. The minimum absolute atomic E-state index is 0.183. The molecule has 0 fully saturated rings. The molecular formula is C14H22FNO2. The van der Waals surface area contributed by atoms with Gasteiger partial charge in [-0.1, -0.05) is 6.07 Å². The van der Waals surface area contributed by atoms with E-state index >= 15 is 0 Å². The first-order valence-corrected chi connectivity index (χ1v) is 6.22. The van der Waals surface area contributed by atoms with Gasteiger partial charge in [-0.05, 0) is 32.9 Å². The molecule has 1 unspecified atom stereocenters. The molecule has 0 spiro atoms. The largest absolute Gasteiger partial charge is 0.389 e. The predicted molar refractivity (Wildman–Crippen MR) is 71.4 cm³/mol. The van der Waals surface area contributed by atoms with E-state index in [-0.39, 0.29) is 11.9 Å². The quantitative estimate of drug-likeness (QED) is 0.848. The normalized spacial score (nSPS) is 12.8. The van der Waals surface area contributed by atoms with Gasteiger partial charge in [0.1, 0.15) is 5.82 Å². The molecule has 0 aliphatic carbocycles. The van der Waals surface area contributed by atoms with Crippen molar-refractivity contribution in [1.82, 2.24) is 0 Å². The second-order valence-electron chi connectivity index (χ2n) is 4.69. The molecule has 0 saturated carbocycles. The van der Waals surface area contributed by atoms with Crippen LogP contribution >= 0.6 is 0 Å². The van der Waals surface area contributed by atoms with E-state index in [2.05, 4.69) is 0 Å². The number of benzene rings is 1. The number of nitrogens with zero attached hydrogens (tertiary/aromatic N) is 1. The molecule has 3 nitrogen and oxygen atoms in total. The molecule has 0 bridgehead atoms. The van der Waals surface area contributed by atoms with Crippen LogP contribution in [0, 0.1) is 5.82 Å². The molecule has 1 aromatic rings. The highest BCUT2D eigenvalue weighted by Crippen LogP contribution is 2.28. The Hall–Kier alpha value is -1.13. The van der Waals surface area contributed by atoms with E-state index in [1.807, 2.05) is 25.8 Å². The standard InChI is InChI=1S/C14H22FNO2/c1-10(2)18-9-8-16(4)13-7-5-6-12(15)14(13)11(3)17/h5-7,10-11,17H,8-9H2,1-4H3. The minimum atomic E-state index is -0.824. The van der Waals surface area contributed by atoms with Crippen LogP contribution in [0.1, 0.15) is 32.4 Å². The Balaban J connectivity index is 2.78. The lowest BCUT2D eigenvalue weighted by Crippen LogP contribution is -2.25. The Labute approximate surface area is 108 Å². The number of likely N-dealkylation sites (N-methyl/N-ethyl adjacent to an activating group) is 1. The molecule has 1 N–H and O–H groups in total. The number of ether oxygens (including phenoxy) is 1. The highest BCUT2D eigenvalue weighted by molar-refractivity contribution is 5.54. The minimum Gasteiger partial charge on any atom is -0.389 e. The summed E-state index contributed by atoms with van der Waals surface area (Å²) in [6.45, 7) is 6.75. The number of aliphatic hydroxyl groups is 1. The molecule has 0 aliphatic heterocycles. The van der Waals surface area contributed by atoms with E-state index in [9.17, 15) is 9.50 Å². The summed E-state index contributed by atoms with van der Waals surface area (Å²) in [5.41, 5.74) is 1.04. The summed E-state index contributed by atoms with van der Waals surface area (Å²) >= 11 is 0. The van der Waals surface area contributed by atoms with Crippen molar-refractivity contribution >= 4 is 5.69 Å². The molecule has 4 heteroatoms.